The minimum atomic E-state index is -0.699. The summed E-state index contributed by atoms with van der Waals surface area (Å²) in [6.07, 6.45) is -0.267. The van der Waals surface area contributed by atoms with Crippen molar-refractivity contribution in [1.29, 1.82) is 0 Å². The van der Waals surface area contributed by atoms with Crippen LogP contribution in [0.3, 0.4) is 0 Å². The summed E-state index contributed by atoms with van der Waals surface area (Å²) in [7, 11) is 0. The lowest BCUT2D eigenvalue weighted by molar-refractivity contribution is -0.386. The molecule has 0 saturated carbocycles. The highest BCUT2D eigenvalue weighted by Gasteiger charge is 2.22. The monoisotopic (exact) mass is 253 g/mol. The average Bonchev–Trinajstić information content (AvgIpc) is 2.36. The summed E-state index contributed by atoms with van der Waals surface area (Å²) in [5.41, 5.74) is 5.94. The summed E-state index contributed by atoms with van der Waals surface area (Å²) in [6, 6.07) is 4.62. The lowest BCUT2D eigenvalue weighted by Crippen LogP contribution is -2.33. The van der Waals surface area contributed by atoms with E-state index in [-0.39, 0.29) is 17.3 Å². The number of nitro groups is 1. The van der Waals surface area contributed by atoms with Crippen molar-refractivity contribution in [3.05, 3.63) is 33.9 Å². The van der Waals surface area contributed by atoms with Crippen molar-refractivity contribution in [2.24, 2.45) is 10.9 Å². The van der Waals surface area contributed by atoms with Crippen molar-refractivity contribution in [1.82, 2.24) is 0 Å². The zero-order chi connectivity index (χ0) is 13.7. The van der Waals surface area contributed by atoms with Crippen molar-refractivity contribution >= 4 is 11.5 Å². The third kappa shape index (κ3) is 2.88. The third-order valence-corrected chi connectivity index (χ3v) is 2.46. The first-order chi connectivity index (χ1) is 8.51. The van der Waals surface area contributed by atoms with Gasteiger partial charge in [0.2, 0.25) is 5.75 Å². The SMILES string of the molecule is CCC(Oc1c(C)cccc1[N+](=O)[O-])/C(N)=N/O. The normalized spacial score (nSPS) is 13.1. The Morgan fingerprint density at radius 2 is 2.33 bits per heavy atom. The predicted molar refractivity (Wildman–Crippen MR) is 65.9 cm³/mol. The molecule has 1 unspecified atom stereocenters. The lowest BCUT2D eigenvalue weighted by Gasteiger charge is -2.17. The largest absolute Gasteiger partial charge is 0.475 e. The van der Waals surface area contributed by atoms with Crippen LogP contribution in [0, 0.1) is 17.0 Å². The molecule has 1 atom stereocenters. The zero-order valence-electron chi connectivity index (χ0n) is 10.2. The quantitative estimate of drug-likeness (QED) is 0.273. The molecule has 0 saturated heterocycles. The molecule has 0 amide bonds. The smallest absolute Gasteiger partial charge is 0.311 e. The molecule has 0 aliphatic carbocycles. The minimum Gasteiger partial charge on any atom is -0.475 e. The molecule has 1 aromatic rings. The van der Waals surface area contributed by atoms with Crippen LogP contribution in [-0.4, -0.2) is 22.1 Å². The first kappa shape index (κ1) is 13.8. The molecule has 0 aliphatic rings. The summed E-state index contributed by atoms with van der Waals surface area (Å²) in [5.74, 6) is 0.0241. The van der Waals surface area contributed by atoms with Gasteiger partial charge in [-0.3, -0.25) is 10.1 Å². The molecule has 98 valence electrons. The number of benzene rings is 1. The molecule has 7 nitrogen and oxygen atoms in total. The third-order valence-electron chi connectivity index (χ3n) is 2.46. The van der Waals surface area contributed by atoms with E-state index in [9.17, 15) is 10.1 Å². The fourth-order valence-electron chi connectivity index (χ4n) is 1.49. The van der Waals surface area contributed by atoms with Crippen molar-refractivity contribution in [2.75, 3.05) is 0 Å². The molecule has 0 heterocycles. The van der Waals surface area contributed by atoms with Gasteiger partial charge < -0.3 is 15.7 Å². The Bertz CT molecular complexity index is 473. The van der Waals surface area contributed by atoms with Gasteiger partial charge in [0.25, 0.3) is 0 Å². The van der Waals surface area contributed by atoms with Crippen molar-refractivity contribution in [3.63, 3.8) is 0 Å². The molecule has 0 radical (unpaired) electrons. The average molecular weight is 253 g/mol. The van der Waals surface area contributed by atoms with Crippen LogP contribution >= 0.6 is 0 Å². The Hall–Kier alpha value is -2.31. The summed E-state index contributed by atoms with van der Waals surface area (Å²) in [5, 5.41) is 22.4. The Morgan fingerprint density at radius 1 is 1.67 bits per heavy atom. The van der Waals surface area contributed by atoms with Crippen LogP contribution < -0.4 is 10.5 Å². The van der Waals surface area contributed by atoms with E-state index in [4.69, 9.17) is 15.7 Å². The van der Waals surface area contributed by atoms with Gasteiger partial charge in [-0.15, -0.1) is 0 Å². The van der Waals surface area contributed by atoms with Gasteiger partial charge in [0.05, 0.1) is 4.92 Å². The highest BCUT2D eigenvalue weighted by molar-refractivity contribution is 5.84. The summed E-state index contributed by atoms with van der Waals surface area (Å²) < 4.78 is 5.48. The maximum atomic E-state index is 10.9. The molecule has 0 spiro atoms. The van der Waals surface area contributed by atoms with E-state index in [0.717, 1.165) is 0 Å². The lowest BCUT2D eigenvalue weighted by atomic mass is 10.2. The standard InChI is InChI=1S/C11H15N3O4/c1-3-9(11(12)13-15)18-10-7(2)5-4-6-8(10)14(16)17/h4-6,9,15H,3H2,1-2H3,(H2,12,13). The van der Waals surface area contributed by atoms with Gasteiger partial charge in [-0.1, -0.05) is 24.2 Å². The van der Waals surface area contributed by atoms with Crippen LogP contribution in [-0.2, 0) is 0 Å². The maximum absolute atomic E-state index is 10.9. The molecule has 1 rings (SSSR count). The van der Waals surface area contributed by atoms with Gasteiger partial charge in [-0.25, -0.2) is 0 Å². The molecule has 0 fully saturated rings. The fourth-order valence-corrected chi connectivity index (χ4v) is 1.49. The van der Waals surface area contributed by atoms with Gasteiger partial charge in [0.1, 0.15) is 0 Å². The maximum Gasteiger partial charge on any atom is 0.311 e. The van der Waals surface area contributed by atoms with Crippen LogP contribution in [0.25, 0.3) is 0 Å². The first-order valence-electron chi connectivity index (χ1n) is 5.39. The fraction of sp³-hybridized carbons (Fsp3) is 0.364. The zero-order valence-corrected chi connectivity index (χ0v) is 10.2. The van der Waals surface area contributed by atoms with Gasteiger partial charge in [-0.2, -0.15) is 0 Å². The Morgan fingerprint density at radius 3 is 2.83 bits per heavy atom. The number of amidine groups is 1. The molecule has 7 heteroatoms. The van der Waals surface area contributed by atoms with E-state index in [1.54, 1.807) is 26.0 Å². The second kappa shape index (κ2) is 5.85. The summed E-state index contributed by atoms with van der Waals surface area (Å²) >= 11 is 0. The first-order valence-corrected chi connectivity index (χ1v) is 5.39. The van der Waals surface area contributed by atoms with Crippen LogP contribution in [0.1, 0.15) is 18.9 Å². The second-order valence-corrected chi connectivity index (χ2v) is 3.72. The van der Waals surface area contributed by atoms with Crippen molar-refractivity contribution in [3.8, 4) is 5.75 Å². The minimum absolute atomic E-state index is 0.116. The number of oxime groups is 1. The number of nitro benzene ring substituents is 1. The van der Waals surface area contributed by atoms with E-state index >= 15 is 0 Å². The van der Waals surface area contributed by atoms with Gasteiger partial charge in [-0.05, 0) is 18.9 Å². The van der Waals surface area contributed by atoms with Gasteiger partial charge >= 0.3 is 5.69 Å². The summed E-state index contributed by atoms with van der Waals surface area (Å²) in [6.45, 7) is 3.47. The molecule has 18 heavy (non-hydrogen) atoms. The highest BCUT2D eigenvalue weighted by Crippen LogP contribution is 2.31. The number of aryl methyl sites for hydroxylation is 1. The number of nitrogens with two attached hydrogens (primary N) is 1. The molecule has 0 aliphatic heterocycles. The van der Waals surface area contributed by atoms with E-state index in [2.05, 4.69) is 5.16 Å². The van der Waals surface area contributed by atoms with Crippen LogP contribution in [0.2, 0.25) is 0 Å². The molecule has 1 aromatic carbocycles. The highest BCUT2D eigenvalue weighted by atomic mass is 16.6. The van der Waals surface area contributed by atoms with E-state index in [1.807, 2.05) is 0 Å². The Labute approximate surface area is 104 Å². The second-order valence-electron chi connectivity index (χ2n) is 3.72. The molecular weight excluding hydrogens is 238 g/mol. The number of hydrogen-bond donors (Lipinski definition) is 2. The number of para-hydroxylation sites is 1. The predicted octanol–water partition coefficient (Wildman–Crippen LogP) is 1.81. The topological polar surface area (TPSA) is 111 Å². The van der Waals surface area contributed by atoms with Crippen molar-refractivity contribution in [2.45, 2.75) is 26.4 Å². The molecular formula is C11H15N3O4. The summed E-state index contributed by atoms with van der Waals surface area (Å²) in [4.78, 5) is 10.4. The van der Waals surface area contributed by atoms with E-state index in [1.165, 1.54) is 6.07 Å². The number of ether oxygens (including phenoxy) is 1. The van der Waals surface area contributed by atoms with Crippen LogP contribution in [0.4, 0.5) is 5.69 Å². The Balaban J connectivity index is 3.13. The molecule has 0 aromatic heterocycles. The number of hydrogen-bond acceptors (Lipinski definition) is 5. The number of nitrogens with zero attached hydrogens (tertiary/aromatic N) is 2. The van der Waals surface area contributed by atoms with Crippen molar-refractivity contribution < 1.29 is 14.9 Å². The Kier molecular flexibility index (Phi) is 4.47. The molecule has 3 N–H and O–H groups in total. The van der Waals surface area contributed by atoms with Gasteiger partial charge in [0.15, 0.2) is 11.9 Å². The van der Waals surface area contributed by atoms with Crippen LogP contribution in [0.15, 0.2) is 23.4 Å². The van der Waals surface area contributed by atoms with Crippen LogP contribution in [0.5, 0.6) is 5.75 Å². The van der Waals surface area contributed by atoms with Gasteiger partial charge in [0, 0.05) is 6.07 Å². The molecule has 0 bridgehead atoms. The van der Waals surface area contributed by atoms with E-state index in [0.29, 0.717) is 12.0 Å². The van der Waals surface area contributed by atoms with E-state index < -0.39 is 11.0 Å². The number of rotatable bonds is 5.